The number of ether oxygens (including phenoxy) is 1. The summed E-state index contributed by atoms with van der Waals surface area (Å²) in [5, 5.41) is 14.0. The van der Waals surface area contributed by atoms with E-state index in [4.69, 9.17) is 4.74 Å². The summed E-state index contributed by atoms with van der Waals surface area (Å²) in [5.41, 5.74) is 1.64. The number of rotatable bonds is 6. The molecule has 2 atom stereocenters. The number of benzene rings is 2. The molecule has 152 valence electrons. The molecule has 4 saturated carbocycles. The van der Waals surface area contributed by atoms with Gasteiger partial charge in [-0.2, -0.15) is 0 Å². The zero-order valence-electron chi connectivity index (χ0n) is 16.7. The molecule has 2 N–H and O–H groups in total. The lowest BCUT2D eigenvalue weighted by atomic mass is 9.52. The van der Waals surface area contributed by atoms with Gasteiger partial charge >= 0.3 is 0 Å². The Morgan fingerprint density at radius 2 is 1.72 bits per heavy atom. The van der Waals surface area contributed by atoms with Crippen molar-refractivity contribution in [2.75, 3.05) is 0 Å². The summed E-state index contributed by atoms with van der Waals surface area (Å²) < 4.78 is 5.89. The van der Waals surface area contributed by atoms with E-state index in [0.717, 1.165) is 49.0 Å². The first-order valence-corrected chi connectivity index (χ1v) is 10.8. The van der Waals surface area contributed by atoms with Crippen molar-refractivity contribution < 1.29 is 14.6 Å². The van der Waals surface area contributed by atoms with Gasteiger partial charge in [0.05, 0.1) is 12.0 Å². The van der Waals surface area contributed by atoms with Gasteiger partial charge in [0, 0.05) is 6.04 Å². The Balaban J connectivity index is 1.18. The summed E-state index contributed by atoms with van der Waals surface area (Å²) in [5.74, 6) is 2.40. The van der Waals surface area contributed by atoms with E-state index in [-0.39, 0.29) is 11.9 Å². The van der Waals surface area contributed by atoms with Crippen molar-refractivity contribution in [3.05, 3.63) is 65.7 Å². The SMILES string of the molecule is O=C(Cc1cccc(OCc2ccccc2)c1)NC1C2CC3CC1CC(O)(C3)C2. The third-order valence-corrected chi connectivity index (χ3v) is 7.08. The molecule has 4 bridgehead atoms. The van der Waals surface area contributed by atoms with Gasteiger partial charge in [-0.3, -0.25) is 4.79 Å². The van der Waals surface area contributed by atoms with E-state index < -0.39 is 5.60 Å². The lowest BCUT2D eigenvalue weighted by Crippen LogP contribution is -2.61. The van der Waals surface area contributed by atoms with Crippen molar-refractivity contribution in [3.8, 4) is 5.75 Å². The molecule has 6 rings (SSSR count). The Kier molecular flexibility index (Phi) is 4.83. The van der Waals surface area contributed by atoms with Crippen LogP contribution in [0.25, 0.3) is 0 Å². The van der Waals surface area contributed by atoms with Crippen LogP contribution in [0.15, 0.2) is 54.6 Å². The molecule has 0 aromatic heterocycles. The molecule has 4 aliphatic rings. The second-order valence-corrected chi connectivity index (χ2v) is 9.39. The van der Waals surface area contributed by atoms with Crippen molar-refractivity contribution in [1.29, 1.82) is 0 Å². The highest BCUT2D eigenvalue weighted by Gasteiger charge is 2.54. The summed E-state index contributed by atoms with van der Waals surface area (Å²) in [7, 11) is 0. The minimum atomic E-state index is -0.456. The van der Waals surface area contributed by atoms with Gasteiger partial charge in [0.15, 0.2) is 0 Å². The monoisotopic (exact) mass is 391 g/mol. The molecular formula is C25H29NO3. The summed E-state index contributed by atoms with van der Waals surface area (Å²) in [6, 6.07) is 18.1. The smallest absolute Gasteiger partial charge is 0.224 e. The van der Waals surface area contributed by atoms with Crippen LogP contribution in [-0.2, 0) is 17.8 Å². The largest absolute Gasteiger partial charge is 0.489 e. The van der Waals surface area contributed by atoms with Crippen LogP contribution in [0, 0.1) is 17.8 Å². The highest BCUT2D eigenvalue weighted by Crippen LogP contribution is 2.55. The molecule has 0 spiro atoms. The summed E-state index contributed by atoms with van der Waals surface area (Å²) in [6.07, 6.45) is 5.36. The zero-order chi connectivity index (χ0) is 19.8. The van der Waals surface area contributed by atoms with Crippen LogP contribution >= 0.6 is 0 Å². The van der Waals surface area contributed by atoms with Crippen LogP contribution in [0.2, 0.25) is 0 Å². The highest BCUT2D eigenvalue weighted by atomic mass is 16.5. The maximum absolute atomic E-state index is 12.8. The topological polar surface area (TPSA) is 58.6 Å². The first-order chi connectivity index (χ1) is 14.1. The fraction of sp³-hybridized carbons (Fsp3) is 0.480. The average molecular weight is 392 g/mol. The molecule has 0 saturated heterocycles. The minimum absolute atomic E-state index is 0.0784. The molecule has 4 fully saturated rings. The van der Waals surface area contributed by atoms with Gasteiger partial charge in [0.2, 0.25) is 5.91 Å². The molecule has 2 aromatic rings. The molecule has 4 aliphatic carbocycles. The fourth-order valence-electron chi connectivity index (χ4n) is 6.13. The van der Waals surface area contributed by atoms with Gasteiger partial charge in [-0.15, -0.1) is 0 Å². The van der Waals surface area contributed by atoms with E-state index in [2.05, 4.69) is 5.32 Å². The Labute approximate surface area is 172 Å². The van der Waals surface area contributed by atoms with Crippen molar-refractivity contribution in [2.24, 2.45) is 17.8 Å². The van der Waals surface area contributed by atoms with Crippen LogP contribution in [-0.4, -0.2) is 22.7 Å². The highest BCUT2D eigenvalue weighted by molar-refractivity contribution is 5.79. The van der Waals surface area contributed by atoms with Crippen molar-refractivity contribution in [1.82, 2.24) is 5.32 Å². The van der Waals surface area contributed by atoms with E-state index >= 15 is 0 Å². The van der Waals surface area contributed by atoms with Crippen molar-refractivity contribution in [2.45, 2.75) is 56.8 Å². The normalized spacial score (nSPS) is 32.2. The molecule has 0 aliphatic heterocycles. The molecule has 1 amide bonds. The number of aliphatic hydroxyl groups is 1. The second-order valence-electron chi connectivity index (χ2n) is 9.39. The molecule has 29 heavy (non-hydrogen) atoms. The molecule has 2 unspecified atom stereocenters. The van der Waals surface area contributed by atoms with Crippen LogP contribution in [0.4, 0.5) is 0 Å². The predicted molar refractivity (Wildman–Crippen MR) is 111 cm³/mol. The molecule has 4 nitrogen and oxygen atoms in total. The van der Waals surface area contributed by atoms with Crippen molar-refractivity contribution in [3.63, 3.8) is 0 Å². The van der Waals surface area contributed by atoms with E-state index in [1.807, 2.05) is 54.6 Å². The van der Waals surface area contributed by atoms with E-state index in [9.17, 15) is 9.90 Å². The number of nitrogens with one attached hydrogen (secondary N) is 1. The average Bonchev–Trinajstić information content (AvgIpc) is 2.69. The van der Waals surface area contributed by atoms with Crippen LogP contribution in [0.3, 0.4) is 0 Å². The van der Waals surface area contributed by atoms with Gasteiger partial charge in [-0.25, -0.2) is 0 Å². The van der Waals surface area contributed by atoms with Crippen LogP contribution < -0.4 is 10.1 Å². The number of amides is 1. The van der Waals surface area contributed by atoms with Crippen LogP contribution in [0.5, 0.6) is 5.75 Å². The van der Waals surface area contributed by atoms with E-state index in [1.165, 1.54) is 0 Å². The Morgan fingerprint density at radius 3 is 2.45 bits per heavy atom. The quantitative estimate of drug-likeness (QED) is 0.786. The lowest BCUT2D eigenvalue weighted by Gasteiger charge is -2.58. The number of carbonyl (C=O) groups excluding carboxylic acids is 1. The number of hydrogen-bond donors (Lipinski definition) is 2. The van der Waals surface area contributed by atoms with Gasteiger partial charge in [0.25, 0.3) is 0 Å². The maximum atomic E-state index is 12.8. The standard InChI is InChI=1S/C25H29NO3/c27-23(26-24-20-9-19-10-21(24)15-25(28,13-19)14-20)12-18-7-4-8-22(11-18)29-16-17-5-2-1-3-6-17/h1-8,11,19-21,24,28H,9-10,12-16H2,(H,26,27). The number of hydrogen-bond acceptors (Lipinski definition) is 3. The Morgan fingerprint density at radius 1 is 1.00 bits per heavy atom. The first kappa shape index (κ1) is 18.7. The molecule has 0 radical (unpaired) electrons. The summed E-state index contributed by atoms with van der Waals surface area (Å²) >= 11 is 0. The van der Waals surface area contributed by atoms with Gasteiger partial charge in [-0.1, -0.05) is 42.5 Å². The van der Waals surface area contributed by atoms with Gasteiger partial charge < -0.3 is 15.2 Å². The van der Waals surface area contributed by atoms with Gasteiger partial charge in [-0.05, 0) is 73.1 Å². The predicted octanol–water partition coefficient (Wildman–Crippen LogP) is 3.86. The Hall–Kier alpha value is -2.33. The van der Waals surface area contributed by atoms with E-state index in [0.29, 0.717) is 30.8 Å². The van der Waals surface area contributed by atoms with Crippen molar-refractivity contribution >= 4 is 5.91 Å². The molecule has 0 heterocycles. The first-order valence-electron chi connectivity index (χ1n) is 10.8. The fourth-order valence-corrected chi connectivity index (χ4v) is 6.13. The third kappa shape index (κ3) is 4.04. The summed E-state index contributed by atoms with van der Waals surface area (Å²) in [4.78, 5) is 12.8. The Bertz CT molecular complexity index is 865. The minimum Gasteiger partial charge on any atom is -0.489 e. The molecular weight excluding hydrogens is 362 g/mol. The maximum Gasteiger partial charge on any atom is 0.224 e. The molecule has 2 aromatic carbocycles. The molecule has 4 heteroatoms. The lowest BCUT2D eigenvalue weighted by molar-refractivity contribution is -0.146. The van der Waals surface area contributed by atoms with Gasteiger partial charge in [0.1, 0.15) is 12.4 Å². The number of carbonyl (C=O) groups is 1. The van der Waals surface area contributed by atoms with E-state index in [1.54, 1.807) is 0 Å². The summed E-state index contributed by atoms with van der Waals surface area (Å²) in [6.45, 7) is 0.520. The van der Waals surface area contributed by atoms with Crippen LogP contribution in [0.1, 0.15) is 43.2 Å². The third-order valence-electron chi connectivity index (χ3n) is 7.08. The zero-order valence-corrected chi connectivity index (χ0v) is 16.7. The second kappa shape index (κ2) is 7.49.